The first-order valence-electron chi connectivity index (χ1n) is 7.35. The topological polar surface area (TPSA) is 41.6 Å². The molecule has 1 aromatic rings. The van der Waals surface area contributed by atoms with Gasteiger partial charge in [-0.2, -0.15) is 0 Å². The number of ether oxygens (including phenoxy) is 1. The van der Waals surface area contributed by atoms with Crippen LogP contribution in [0.3, 0.4) is 0 Å². The lowest BCUT2D eigenvalue weighted by Crippen LogP contribution is -2.38. The average molecular weight is 412 g/mol. The van der Waals surface area contributed by atoms with Crippen molar-refractivity contribution in [3.8, 4) is 5.75 Å². The fourth-order valence-corrected chi connectivity index (χ4v) is 4.46. The number of carbonyl (C=O) groups is 1. The Hall–Kier alpha value is -0.300. The van der Waals surface area contributed by atoms with Gasteiger partial charge in [-0.05, 0) is 61.6 Å². The summed E-state index contributed by atoms with van der Waals surface area (Å²) in [7, 11) is 3.61. The van der Waals surface area contributed by atoms with Crippen molar-refractivity contribution >= 4 is 45.6 Å². The Bertz CT molecular complexity index is 502. The van der Waals surface area contributed by atoms with Gasteiger partial charge in [0.25, 0.3) is 5.91 Å². The number of rotatable bonds is 5. The highest BCUT2D eigenvalue weighted by Crippen LogP contribution is 2.40. The van der Waals surface area contributed by atoms with Crippen molar-refractivity contribution in [3.63, 3.8) is 0 Å². The third kappa shape index (κ3) is 4.37. The number of halogens is 2. The van der Waals surface area contributed by atoms with E-state index in [1.54, 1.807) is 7.11 Å². The van der Waals surface area contributed by atoms with E-state index in [-0.39, 0.29) is 18.3 Å². The first-order valence-corrected chi connectivity index (χ1v) is 8.96. The van der Waals surface area contributed by atoms with Crippen molar-refractivity contribution in [3.05, 3.63) is 14.2 Å². The van der Waals surface area contributed by atoms with Gasteiger partial charge in [0.15, 0.2) is 5.75 Å². The summed E-state index contributed by atoms with van der Waals surface area (Å²) in [5.41, 5.74) is 0. The number of nitrogens with one attached hydrogen (secondary N) is 1. The molecule has 1 aromatic heterocycles. The van der Waals surface area contributed by atoms with Crippen LogP contribution >= 0.6 is 39.7 Å². The normalized spacial score (nSPS) is 15.5. The Morgan fingerprint density at radius 1 is 1.45 bits per heavy atom. The number of aryl methyl sites for hydroxylation is 1. The molecule has 0 unspecified atom stereocenters. The van der Waals surface area contributed by atoms with Crippen LogP contribution in [0.25, 0.3) is 0 Å². The smallest absolute Gasteiger partial charge is 0.267 e. The molecule has 0 radical (unpaired) electrons. The largest absolute Gasteiger partial charge is 0.494 e. The molecule has 1 saturated heterocycles. The Morgan fingerprint density at radius 3 is 2.64 bits per heavy atom. The standard InChI is InChI=1S/C15H23BrN2O2S.ClH/c1-10-12(16)13(20-3)14(21-10)15(19)18-8-5-11(6-9-18)4-7-17-2;/h11,17H,4-9H2,1-3H3;1H. The maximum absolute atomic E-state index is 12.7. The minimum Gasteiger partial charge on any atom is -0.494 e. The first kappa shape index (κ1) is 19.7. The van der Waals surface area contributed by atoms with Gasteiger partial charge in [0.05, 0.1) is 11.6 Å². The predicted molar refractivity (Wildman–Crippen MR) is 97.7 cm³/mol. The second-order valence-corrected chi connectivity index (χ2v) is 7.48. The number of hydrogen-bond acceptors (Lipinski definition) is 4. The molecule has 7 heteroatoms. The average Bonchev–Trinajstić information content (AvgIpc) is 2.80. The monoisotopic (exact) mass is 410 g/mol. The predicted octanol–water partition coefficient (Wildman–Crippen LogP) is 3.71. The summed E-state index contributed by atoms with van der Waals surface area (Å²) in [6, 6.07) is 0. The molecule has 1 aliphatic rings. The summed E-state index contributed by atoms with van der Waals surface area (Å²) in [5.74, 6) is 1.53. The van der Waals surface area contributed by atoms with Gasteiger partial charge in [0.1, 0.15) is 4.88 Å². The van der Waals surface area contributed by atoms with Crippen molar-refractivity contribution < 1.29 is 9.53 Å². The van der Waals surface area contributed by atoms with Crippen LogP contribution in [0.15, 0.2) is 4.47 Å². The SMILES string of the molecule is CNCCC1CCN(C(=O)c2sc(C)c(Br)c2OC)CC1.Cl. The molecule has 1 amide bonds. The third-order valence-corrected chi connectivity index (χ3v) is 6.36. The fourth-order valence-electron chi connectivity index (χ4n) is 2.74. The second-order valence-electron chi connectivity index (χ2n) is 5.46. The Morgan fingerprint density at radius 2 is 2.09 bits per heavy atom. The van der Waals surface area contributed by atoms with E-state index in [1.165, 1.54) is 17.8 Å². The van der Waals surface area contributed by atoms with E-state index in [0.29, 0.717) is 5.75 Å². The highest BCUT2D eigenvalue weighted by molar-refractivity contribution is 9.10. The molecule has 0 saturated carbocycles. The van der Waals surface area contributed by atoms with Crippen molar-refractivity contribution in [2.75, 3.05) is 33.8 Å². The molecule has 0 atom stereocenters. The van der Waals surface area contributed by atoms with Crippen LogP contribution in [-0.4, -0.2) is 44.6 Å². The van der Waals surface area contributed by atoms with Gasteiger partial charge in [-0.25, -0.2) is 0 Å². The molecule has 2 rings (SSSR count). The van der Waals surface area contributed by atoms with Crippen molar-refractivity contribution in [1.82, 2.24) is 10.2 Å². The van der Waals surface area contributed by atoms with Crippen LogP contribution < -0.4 is 10.1 Å². The number of carbonyl (C=O) groups excluding carboxylic acids is 1. The van der Waals surface area contributed by atoms with Crippen molar-refractivity contribution in [2.24, 2.45) is 5.92 Å². The Kier molecular flexibility index (Phi) is 8.17. The zero-order valence-electron chi connectivity index (χ0n) is 13.3. The minimum atomic E-state index is 0. The maximum atomic E-state index is 12.7. The quantitative estimate of drug-likeness (QED) is 0.803. The summed E-state index contributed by atoms with van der Waals surface area (Å²) in [6.45, 7) is 4.76. The lowest BCUT2D eigenvalue weighted by Gasteiger charge is -2.31. The van der Waals surface area contributed by atoms with E-state index < -0.39 is 0 Å². The lowest BCUT2D eigenvalue weighted by atomic mass is 9.93. The second kappa shape index (κ2) is 9.11. The first-order chi connectivity index (χ1) is 10.1. The van der Waals surface area contributed by atoms with Gasteiger partial charge in [0.2, 0.25) is 0 Å². The summed E-state index contributed by atoms with van der Waals surface area (Å²) in [4.78, 5) is 16.5. The molecule has 4 nitrogen and oxygen atoms in total. The number of hydrogen-bond donors (Lipinski definition) is 1. The molecule has 0 bridgehead atoms. The van der Waals surface area contributed by atoms with Gasteiger partial charge in [-0.3, -0.25) is 4.79 Å². The molecule has 0 spiro atoms. The van der Waals surface area contributed by atoms with E-state index >= 15 is 0 Å². The van der Waals surface area contributed by atoms with E-state index in [4.69, 9.17) is 4.74 Å². The highest BCUT2D eigenvalue weighted by atomic mass is 79.9. The highest BCUT2D eigenvalue weighted by Gasteiger charge is 2.28. The molecule has 126 valence electrons. The molecule has 0 aromatic carbocycles. The van der Waals surface area contributed by atoms with Crippen LogP contribution in [-0.2, 0) is 0 Å². The van der Waals surface area contributed by atoms with Gasteiger partial charge in [0, 0.05) is 18.0 Å². The van der Waals surface area contributed by atoms with Crippen LogP contribution in [0.1, 0.15) is 33.8 Å². The van der Waals surface area contributed by atoms with Crippen molar-refractivity contribution in [1.29, 1.82) is 0 Å². The van der Waals surface area contributed by atoms with Gasteiger partial charge < -0.3 is 15.0 Å². The number of likely N-dealkylation sites (tertiary alicyclic amines) is 1. The molecular formula is C15H24BrClN2O2S. The van der Waals surface area contributed by atoms with Crippen LogP contribution in [0.4, 0.5) is 0 Å². The fraction of sp³-hybridized carbons (Fsp3) is 0.667. The van der Waals surface area contributed by atoms with Gasteiger partial charge in [-0.15, -0.1) is 23.7 Å². The van der Waals surface area contributed by atoms with E-state index in [1.807, 2.05) is 18.9 Å². The summed E-state index contributed by atoms with van der Waals surface area (Å²) < 4.78 is 6.30. The van der Waals surface area contributed by atoms with E-state index in [0.717, 1.165) is 52.6 Å². The minimum absolute atomic E-state index is 0. The van der Waals surface area contributed by atoms with Crippen LogP contribution in [0, 0.1) is 12.8 Å². The molecule has 2 heterocycles. The molecule has 1 N–H and O–H groups in total. The zero-order chi connectivity index (χ0) is 15.4. The number of piperidine rings is 1. The van der Waals surface area contributed by atoms with E-state index in [9.17, 15) is 4.79 Å². The van der Waals surface area contributed by atoms with E-state index in [2.05, 4.69) is 21.2 Å². The maximum Gasteiger partial charge on any atom is 0.267 e. The van der Waals surface area contributed by atoms with Crippen LogP contribution in [0.2, 0.25) is 0 Å². The van der Waals surface area contributed by atoms with Crippen LogP contribution in [0.5, 0.6) is 5.75 Å². The number of thiophene rings is 1. The van der Waals surface area contributed by atoms with Gasteiger partial charge >= 0.3 is 0 Å². The van der Waals surface area contributed by atoms with Gasteiger partial charge in [-0.1, -0.05) is 0 Å². The molecular weight excluding hydrogens is 388 g/mol. The number of nitrogens with zero attached hydrogens (tertiary/aromatic N) is 1. The lowest BCUT2D eigenvalue weighted by molar-refractivity contribution is 0.0689. The number of amides is 1. The molecule has 22 heavy (non-hydrogen) atoms. The molecule has 1 aliphatic heterocycles. The third-order valence-electron chi connectivity index (χ3n) is 4.07. The molecule has 0 aliphatic carbocycles. The van der Waals surface area contributed by atoms with Crippen molar-refractivity contribution in [2.45, 2.75) is 26.2 Å². The Balaban J connectivity index is 0.00000242. The summed E-state index contributed by atoms with van der Waals surface area (Å²) in [5, 5.41) is 3.20. The Labute approximate surface area is 151 Å². The zero-order valence-corrected chi connectivity index (χ0v) is 16.5. The number of methoxy groups -OCH3 is 1. The molecule has 1 fully saturated rings. The summed E-state index contributed by atoms with van der Waals surface area (Å²) in [6.07, 6.45) is 3.40. The summed E-state index contributed by atoms with van der Waals surface area (Å²) >= 11 is 5.01.